The summed E-state index contributed by atoms with van der Waals surface area (Å²) in [6, 6.07) is 0. The Morgan fingerprint density at radius 3 is 2.36 bits per heavy atom. The van der Waals surface area contributed by atoms with E-state index in [2.05, 4.69) is 9.26 Å². The highest BCUT2D eigenvalue weighted by atomic mass is 31.2. The lowest BCUT2D eigenvalue weighted by Gasteiger charge is -2.06. The van der Waals surface area contributed by atoms with Gasteiger partial charge in [0.05, 0.1) is 0 Å². The molecule has 10 heteroatoms. The molecule has 0 aromatic rings. The number of rotatable bonds is 5. The molecule has 0 aliphatic rings. The number of phosphoric ester groups is 1. The van der Waals surface area contributed by atoms with Crippen LogP contribution in [0.15, 0.2) is 0 Å². The highest BCUT2D eigenvalue weighted by Gasteiger charge is 2.14. The Kier molecular flexibility index (Phi) is 5.10. The van der Waals surface area contributed by atoms with E-state index in [1.165, 1.54) is 0 Å². The third-order valence-corrected chi connectivity index (χ3v) is 1.24. The van der Waals surface area contributed by atoms with Gasteiger partial charge in [-0.05, 0) is 0 Å². The number of alkyl carbamates (subject to hydrolysis) is 1. The predicted molar refractivity (Wildman–Crippen MR) is 40.1 cm³/mol. The summed E-state index contributed by atoms with van der Waals surface area (Å²) in [5.41, 5.74) is 0. The van der Waals surface area contributed by atoms with Crippen LogP contribution in [0.5, 0.6) is 0 Å². The maximum absolute atomic E-state index is 10.5. The molecule has 0 saturated heterocycles. The number of carboxylic acids is 1. The van der Waals surface area contributed by atoms with E-state index >= 15 is 0 Å². The first-order chi connectivity index (χ1) is 6.31. The van der Waals surface area contributed by atoms with E-state index < -0.39 is 33.2 Å². The van der Waals surface area contributed by atoms with Gasteiger partial charge in [-0.25, -0.2) is 13.9 Å². The minimum absolute atomic E-state index is 0.658. The van der Waals surface area contributed by atoms with Gasteiger partial charge in [0, 0.05) is 0 Å². The molecule has 0 rings (SSSR count). The zero-order valence-corrected chi connectivity index (χ0v) is 7.64. The van der Waals surface area contributed by atoms with Crippen molar-refractivity contribution >= 4 is 19.9 Å². The smallest absolute Gasteiger partial charge is 0.472 e. The second-order valence-corrected chi connectivity index (χ2v) is 3.16. The maximum atomic E-state index is 10.5. The fourth-order valence-corrected chi connectivity index (χ4v) is 0.537. The van der Waals surface area contributed by atoms with Crippen LogP contribution in [0.3, 0.4) is 0 Å². The average Bonchev–Trinajstić information content (AvgIpc) is 1.98. The molecular formula is C4H8NO8P. The van der Waals surface area contributed by atoms with E-state index in [0.29, 0.717) is 0 Å². The van der Waals surface area contributed by atoms with Gasteiger partial charge in [0.15, 0.2) is 0 Å². The molecule has 14 heavy (non-hydrogen) atoms. The molecule has 82 valence electrons. The van der Waals surface area contributed by atoms with Gasteiger partial charge in [-0.3, -0.25) is 4.79 Å². The maximum Gasteiger partial charge on any atom is 0.472 e. The Labute approximate surface area is 77.9 Å². The molecule has 0 bridgehead atoms. The molecule has 0 spiro atoms. The van der Waals surface area contributed by atoms with Crippen LogP contribution in [0.1, 0.15) is 0 Å². The van der Waals surface area contributed by atoms with Crippen molar-refractivity contribution in [2.75, 3.05) is 13.3 Å². The summed E-state index contributed by atoms with van der Waals surface area (Å²) in [5, 5.41) is 9.87. The Hall–Kier alpha value is -1.15. The van der Waals surface area contributed by atoms with Crippen molar-refractivity contribution in [3.63, 3.8) is 0 Å². The first kappa shape index (κ1) is 12.8. The quantitative estimate of drug-likeness (QED) is 0.342. The van der Waals surface area contributed by atoms with Gasteiger partial charge in [-0.2, -0.15) is 0 Å². The van der Waals surface area contributed by atoms with E-state index in [-0.39, 0.29) is 0 Å². The fraction of sp³-hybridized carbons (Fsp3) is 0.500. The number of hydrogen-bond donors (Lipinski definition) is 4. The second kappa shape index (κ2) is 5.55. The van der Waals surface area contributed by atoms with Crippen LogP contribution in [-0.2, 0) is 18.6 Å². The van der Waals surface area contributed by atoms with Crippen LogP contribution < -0.4 is 5.32 Å². The zero-order chi connectivity index (χ0) is 11.2. The normalized spacial score (nSPS) is 10.7. The van der Waals surface area contributed by atoms with Crippen molar-refractivity contribution in [3.05, 3.63) is 0 Å². The summed E-state index contributed by atoms with van der Waals surface area (Å²) in [5.74, 6) is -1.28. The molecule has 0 aromatic heterocycles. The SMILES string of the molecule is O=C(O)CNC(=O)OCOP(=O)(O)O. The molecule has 0 heterocycles. The number of hydrogen-bond acceptors (Lipinski definition) is 5. The molecule has 9 nitrogen and oxygen atoms in total. The number of nitrogens with one attached hydrogen (secondary N) is 1. The summed E-state index contributed by atoms with van der Waals surface area (Å²) in [4.78, 5) is 36.7. The molecule has 0 aliphatic heterocycles. The molecule has 1 amide bonds. The summed E-state index contributed by atoms with van der Waals surface area (Å²) >= 11 is 0. The molecule has 0 atom stereocenters. The Bertz CT molecular complexity index is 258. The fourth-order valence-electron chi connectivity index (χ4n) is 0.347. The zero-order valence-electron chi connectivity index (χ0n) is 6.74. The molecular weight excluding hydrogens is 221 g/mol. The average molecular weight is 229 g/mol. The van der Waals surface area contributed by atoms with E-state index in [0.717, 1.165) is 0 Å². The predicted octanol–water partition coefficient (Wildman–Crippen LogP) is -1.14. The van der Waals surface area contributed by atoms with E-state index in [9.17, 15) is 14.2 Å². The molecule has 0 radical (unpaired) electrons. The lowest BCUT2D eigenvalue weighted by atomic mass is 10.7. The Morgan fingerprint density at radius 1 is 1.36 bits per heavy atom. The molecule has 0 fully saturated rings. The van der Waals surface area contributed by atoms with Crippen molar-refractivity contribution in [1.82, 2.24) is 5.32 Å². The van der Waals surface area contributed by atoms with Crippen molar-refractivity contribution in [2.45, 2.75) is 0 Å². The minimum atomic E-state index is -4.68. The van der Waals surface area contributed by atoms with Crippen molar-refractivity contribution in [2.24, 2.45) is 0 Å². The van der Waals surface area contributed by atoms with Gasteiger partial charge >= 0.3 is 19.9 Å². The second-order valence-electron chi connectivity index (χ2n) is 1.92. The number of amides is 1. The first-order valence-corrected chi connectivity index (χ1v) is 4.67. The Balaban J connectivity index is 3.55. The van der Waals surface area contributed by atoms with E-state index in [1.807, 2.05) is 0 Å². The van der Waals surface area contributed by atoms with Crippen LogP contribution >= 0.6 is 7.82 Å². The summed E-state index contributed by atoms with van der Waals surface area (Å²) in [6.45, 7) is -1.62. The monoisotopic (exact) mass is 229 g/mol. The van der Waals surface area contributed by atoms with E-state index in [4.69, 9.17) is 14.9 Å². The number of carboxylic acid groups (broad SMARTS) is 1. The molecule has 0 saturated carbocycles. The number of carbonyl (C=O) groups excluding carboxylic acids is 1. The number of ether oxygens (including phenoxy) is 1. The van der Waals surface area contributed by atoms with Gasteiger partial charge in [0.2, 0.25) is 6.79 Å². The highest BCUT2D eigenvalue weighted by molar-refractivity contribution is 7.46. The van der Waals surface area contributed by atoms with Crippen molar-refractivity contribution in [1.29, 1.82) is 0 Å². The van der Waals surface area contributed by atoms with Gasteiger partial charge in [-0.15, -0.1) is 0 Å². The van der Waals surface area contributed by atoms with Crippen molar-refractivity contribution < 1.29 is 38.3 Å². The topological polar surface area (TPSA) is 142 Å². The van der Waals surface area contributed by atoms with Gasteiger partial charge < -0.3 is 24.9 Å². The van der Waals surface area contributed by atoms with Crippen LogP contribution in [0.2, 0.25) is 0 Å². The van der Waals surface area contributed by atoms with Crippen LogP contribution in [0.4, 0.5) is 4.79 Å². The van der Waals surface area contributed by atoms with E-state index in [1.54, 1.807) is 5.32 Å². The van der Waals surface area contributed by atoms with Gasteiger partial charge in [0.25, 0.3) is 0 Å². The lowest BCUT2D eigenvalue weighted by molar-refractivity contribution is -0.135. The number of phosphoric acid groups is 1. The standard InChI is InChI=1S/C4H8NO8P/c6-3(7)1-5-4(8)12-2-13-14(9,10)11/h1-2H2,(H,5,8)(H,6,7)(H2,9,10,11). The third kappa shape index (κ3) is 8.94. The van der Waals surface area contributed by atoms with Crippen LogP contribution in [0.25, 0.3) is 0 Å². The summed E-state index contributed by atoms with van der Waals surface area (Å²) in [7, 11) is -4.68. The molecule has 0 unspecified atom stereocenters. The summed E-state index contributed by atoms with van der Waals surface area (Å²) < 4.78 is 17.8. The van der Waals surface area contributed by atoms with Gasteiger partial charge in [0.1, 0.15) is 6.54 Å². The first-order valence-electron chi connectivity index (χ1n) is 3.14. The number of carbonyl (C=O) groups is 2. The molecule has 0 aliphatic carbocycles. The van der Waals surface area contributed by atoms with Crippen LogP contribution in [-0.4, -0.2) is 40.3 Å². The lowest BCUT2D eigenvalue weighted by Crippen LogP contribution is -2.30. The van der Waals surface area contributed by atoms with Gasteiger partial charge in [-0.1, -0.05) is 0 Å². The molecule has 0 aromatic carbocycles. The number of aliphatic carboxylic acids is 1. The van der Waals surface area contributed by atoms with Crippen molar-refractivity contribution in [3.8, 4) is 0 Å². The molecule has 4 N–H and O–H groups in total. The summed E-state index contributed by atoms with van der Waals surface area (Å²) in [6.07, 6.45) is -1.15. The van der Waals surface area contributed by atoms with Crippen LogP contribution in [0, 0.1) is 0 Å². The Morgan fingerprint density at radius 2 is 1.93 bits per heavy atom. The third-order valence-electron chi connectivity index (χ3n) is 0.795. The minimum Gasteiger partial charge on any atom is -0.480 e. The largest absolute Gasteiger partial charge is 0.480 e. The highest BCUT2D eigenvalue weighted by Crippen LogP contribution is 2.35.